The van der Waals surface area contributed by atoms with Gasteiger partial charge in [0.05, 0.1) is 4.90 Å². The Morgan fingerprint density at radius 2 is 1.59 bits per heavy atom. The molecule has 3 rings (SSSR count). The minimum atomic E-state index is -3.86. The van der Waals surface area contributed by atoms with E-state index in [2.05, 4.69) is 0 Å². The molecule has 140 valence electrons. The molecule has 0 spiro atoms. The summed E-state index contributed by atoms with van der Waals surface area (Å²) in [4.78, 5) is 12.8. The number of carbonyl (C=O) groups excluding carboxylic acids is 1. The molecule has 1 heterocycles. The summed E-state index contributed by atoms with van der Waals surface area (Å²) in [7, 11) is -3.86. The third-order valence-corrected chi connectivity index (χ3v) is 6.42. The molecular formula is C21H19FO4S. The number of hydrogen-bond acceptors (Lipinski definition) is 4. The van der Waals surface area contributed by atoms with E-state index in [0.29, 0.717) is 5.76 Å². The van der Waals surface area contributed by atoms with Crippen LogP contribution in [0.3, 0.4) is 0 Å². The zero-order valence-electron chi connectivity index (χ0n) is 15.0. The number of benzene rings is 2. The predicted molar refractivity (Wildman–Crippen MR) is 99.9 cm³/mol. The highest BCUT2D eigenvalue weighted by Crippen LogP contribution is 2.34. The zero-order chi connectivity index (χ0) is 19.6. The lowest BCUT2D eigenvalue weighted by molar-refractivity contribution is 0.0978. The number of aryl methyl sites for hydroxylation is 2. The lowest BCUT2D eigenvalue weighted by Crippen LogP contribution is -2.17. The molecule has 6 heteroatoms. The highest BCUT2D eigenvalue weighted by atomic mass is 32.2. The normalized spacial score (nSPS) is 12.7. The van der Waals surface area contributed by atoms with Crippen LogP contribution in [0.5, 0.6) is 0 Å². The van der Waals surface area contributed by atoms with E-state index in [1.54, 1.807) is 31.2 Å². The minimum absolute atomic E-state index is 0.124. The van der Waals surface area contributed by atoms with Gasteiger partial charge < -0.3 is 4.42 Å². The Morgan fingerprint density at radius 1 is 0.963 bits per heavy atom. The Labute approximate surface area is 157 Å². The maximum atomic E-state index is 13.2. The molecule has 0 radical (unpaired) electrons. The average molecular weight is 386 g/mol. The molecule has 2 aromatic carbocycles. The van der Waals surface area contributed by atoms with E-state index in [1.165, 1.54) is 36.4 Å². The fraction of sp³-hybridized carbons (Fsp3) is 0.190. The van der Waals surface area contributed by atoms with Crippen molar-refractivity contribution in [3.05, 3.63) is 89.1 Å². The predicted octanol–water partition coefficient (Wildman–Crippen LogP) is 4.82. The van der Waals surface area contributed by atoms with Gasteiger partial charge >= 0.3 is 0 Å². The fourth-order valence-corrected chi connectivity index (χ4v) is 4.45. The molecule has 0 fully saturated rings. The fourth-order valence-electron chi connectivity index (χ4n) is 2.80. The van der Waals surface area contributed by atoms with Crippen molar-refractivity contribution in [1.29, 1.82) is 0 Å². The smallest absolute Gasteiger partial charge is 0.188 e. The summed E-state index contributed by atoms with van der Waals surface area (Å²) in [5, 5.41) is -1.16. The number of hydrogen-bond donors (Lipinski definition) is 0. The summed E-state index contributed by atoms with van der Waals surface area (Å²) in [6.07, 6.45) is -0.297. The van der Waals surface area contributed by atoms with E-state index in [4.69, 9.17) is 4.42 Å². The quantitative estimate of drug-likeness (QED) is 0.570. The van der Waals surface area contributed by atoms with Crippen molar-refractivity contribution in [2.24, 2.45) is 0 Å². The van der Waals surface area contributed by atoms with Crippen molar-refractivity contribution in [1.82, 2.24) is 0 Å². The maximum absolute atomic E-state index is 13.2. The van der Waals surface area contributed by atoms with Gasteiger partial charge in [0.2, 0.25) is 0 Å². The molecule has 0 aliphatic heterocycles. The summed E-state index contributed by atoms with van der Waals surface area (Å²) in [5.74, 6) is -0.0892. The second-order valence-corrected chi connectivity index (χ2v) is 8.56. The minimum Gasteiger partial charge on any atom is -0.465 e. The molecule has 0 saturated carbocycles. The lowest BCUT2D eigenvalue weighted by Gasteiger charge is -2.16. The van der Waals surface area contributed by atoms with Gasteiger partial charge in [0.15, 0.2) is 15.6 Å². The Balaban J connectivity index is 2.00. The van der Waals surface area contributed by atoms with Gasteiger partial charge in [-0.3, -0.25) is 4.79 Å². The first kappa shape index (κ1) is 19.0. The summed E-state index contributed by atoms with van der Waals surface area (Å²) < 4.78 is 45.0. The van der Waals surface area contributed by atoms with E-state index in [9.17, 15) is 17.6 Å². The second-order valence-electron chi connectivity index (χ2n) is 6.43. The van der Waals surface area contributed by atoms with Gasteiger partial charge in [-0.15, -0.1) is 0 Å². The number of rotatable bonds is 6. The molecular weight excluding hydrogens is 367 g/mol. The molecule has 0 bridgehead atoms. The molecule has 0 aliphatic rings. The first-order valence-electron chi connectivity index (χ1n) is 8.43. The lowest BCUT2D eigenvalue weighted by atomic mass is 10.1. The average Bonchev–Trinajstić information content (AvgIpc) is 3.06. The SMILES string of the molecule is Cc1ccc(S(=O)(=O)C(CC(=O)c2ccc(F)cc2)c2ccc(C)o2)cc1. The number of halogens is 1. The van der Waals surface area contributed by atoms with Gasteiger partial charge in [0.1, 0.15) is 22.6 Å². The summed E-state index contributed by atoms with van der Waals surface area (Å²) >= 11 is 0. The monoisotopic (exact) mass is 386 g/mol. The third-order valence-electron chi connectivity index (χ3n) is 4.34. The molecule has 4 nitrogen and oxygen atoms in total. The topological polar surface area (TPSA) is 64.3 Å². The van der Waals surface area contributed by atoms with Crippen LogP contribution in [0.4, 0.5) is 4.39 Å². The van der Waals surface area contributed by atoms with Crippen LogP contribution >= 0.6 is 0 Å². The number of Topliss-reactive ketones (excluding diaryl/α,β-unsaturated/α-hetero) is 1. The van der Waals surface area contributed by atoms with Gasteiger partial charge in [-0.2, -0.15) is 0 Å². The van der Waals surface area contributed by atoms with Gasteiger partial charge in [-0.05, 0) is 62.4 Å². The highest BCUT2D eigenvalue weighted by molar-refractivity contribution is 7.91. The first-order valence-corrected chi connectivity index (χ1v) is 9.97. The van der Waals surface area contributed by atoms with Crippen LogP contribution in [0.1, 0.15) is 39.1 Å². The Kier molecular flexibility index (Phi) is 5.28. The Morgan fingerprint density at radius 3 is 2.15 bits per heavy atom. The van der Waals surface area contributed by atoms with E-state index >= 15 is 0 Å². The van der Waals surface area contributed by atoms with Crippen molar-refractivity contribution in [3.63, 3.8) is 0 Å². The molecule has 0 N–H and O–H groups in total. The molecule has 1 unspecified atom stereocenters. The molecule has 0 saturated heterocycles. The van der Waals surface area contributed by atoms with E-state index in [1.807, 2.05) is 6.92 Å². The van der Waals surface area contributed by atoms with Crippen LogP contribution < -0.4 is 0 Å². The zero-order valence-corrected chi connectivity index (χ0v) is 15.8. The van der Waals surface area contributed by atoms with Crippen molar-refractivity contribution in [2.75, 3.05) is 0 Å². The first-order chi connectivity index (χ1) is 12.8. The van der Waals surface area contributed by atoms with Crippen LogP contribution in [-0.4, -0.2) is 14.2 Å². The van der Waals surface area contributed by atoms with Crippen LogP contribution in [-0.2, 0) is 9.84 Å². The van der Waals surface area contributed by atoms with Crippen LogP contribution in [0.15, 0.2) is 70.0 Å². The van der Waals surface area contributed by atoms with E-state index in [0.717, 1.165) is 5.56 Å². The number of furan rings is 1. The maximum Gasteiger partial charge on any atom is 0.188 e. The van der Waals surface area contributed by atoms with E-state index < -0.39 is 26.7 Å². The summed E-state index contributed by atoms with van der Waals surface area (Å²) in [5.41, 5.74) is 1.19. The van der Waals surface area contributed by atoms with Gasteiger partial charge in [-0.25, -0.2) is 12.8 Å². The van der Waals surface area contributed by atoms with Crippen LogP contribution in [0.25, 0.3) is 0 Å². The molecule has 27 heavy (non-hydrogen) atoms. The summed E-state index contributed by atoms with van der Waals surface area (Å²) in [6.45, 7) is 3.57. The molecule has 3 aromatic rings. The second kappa shape index (κ2) is 7.48. The standard InChI is InChI=1S/C21H19FO4S/c1-14-3-10-18(11-4-14)27(24,25)21(20-12-5-15(2)26-20)13-19(23)16-6-8-17(22)9-7-16/h3-12,21H,13H2,1-2H3. The highest BCUT2D eigenvalue weighted by Gasteiger charge is 2.34. The van der Waals surface area contributed by atoms with Crippen molar-refractivity contribution >= 4 is 15.6 Å². The largest absolute Gasteiger partial charge is 0.465 e. The Hall–Kier alpha value is -2.73. The van der Waals surface area contributed by atoms with Crippen molar-refractivity contribution in [3.8, 4) is 0 Å². The van der Waals surface area contributed by atoms with Gasteiger partial charge in [0, 0.05) is 12.0 Å². The number of ketones is 1. The molecule has 0 amide bonds. The molecule has 1 aromatic heterocycles. The summed E-state index contributed by atoms with van der Waals surface area (Å²) in [6, 6.07) is 14.7. The van der Waals surface area contributed by atoms with Crippen LogP contribution in [0, 0.1) is 19.7 Å². The molecule has 0 aliphatic carbocycles. The van der Waals surface area contributed by atoms with Crippen LogP contribution in [0.2, 0.25) is 0 Å². The van der Waals surface area contributed by atoms with Crippen molar-refractivity contribution < 1.29 is 22.0 Å². The van der Waals surface area contributed by atoms with E-state index in [-0.39, 0.29) is 22.6 Å². The van der Waals surface area contributed by atoms with Gasteiger partial charge in [-0.1, -0.05) is 17.7 Å². The molecule has 1 atom stereocenters. The Bertz CT molecular complexity index is 1050. The third kappa shape index (κ3) is 4.17. The van der Waals surface area contributed by atoms with Crippen molar-refractivity contribution in [2.45, 2.75) is 30.4 Å². The van der Waals surface area contributed by atoms with Gasteiger partial charge in [0.25, 0.3) is 0 Å². The number of sulfone groups is 1. The number of carbonyl (C=O) groups is 1.